The molecule has 72 valence electrons. The number of rotatable bonds is 2. The summed E-state index contributed by atoms with van der Waals surface area (Å²) in [6.07, 6.45) is 0. The van der Waals surface area contributed by atoms with Crippen LogP contribution in [0.1, 0.15) is 0 Å². The largest absolute Gasteiger partial charge is 0.322 e. The molecule has 0 atom stereocenters. The van der Waals surface area contributed by atoms with Crippen LogP contribution in [0.3, 0.4) is 0 Å². The number of nitrogens with one attached hydrogen (secondary N) is 1. The van der Waals surface area contributed by atoms with Gasteiger partial charge in [-0.25, -0.2) is 4.79 Å². The number of hydrogen-bond donors (Lipinski definition) is 1. The van der Waals surface area contributed by atoms with Crippen molar-refractivity contribution in [1.82, 2.24) is 4.90 Å². The monoisotopic (exact) mass is 189 g/mol. The number of amides is 2. The Balaban J connectivity index is 2.54. The maximum atomic E-state index is 11.4. The van der Waals surface area contributed by atoms with E-state index in [-0.39, 0.29) is 12.6 Å². The third-order valence-electron chi connectivity index (χ3n) is 1.68. The van der Waals surface area contributed by atoms with E-state index in [0.29, 0.717) is 0 Å². The van der Waals surface area contributed by atoms with Gasteiger partial charge < -0.3 is 10.2 Å². The minimum absolute atomic E-state index is 0.0820. The summed E-state index contributed by atoms with van der Waals surface area (Å²) < 4.78 is 0. The van der Waals surface area contributed by atoms with Crippen LogP contribution in [0.25, 0.3) is 0 Å². The molecule has 0 saturated carbocycles. The van der Waals surface area contributed by atoms with Crippen molar-refractivity contribution >= 4 is 11.7 Å². The van der Waals surface area contributed by atoms with E-state index < -0.39 is 0 Å². The van der Waals surface area contributed by atoms with Crippen LogP contribution in [-0.2, 0) is 0 Å². The summed E-state index contributed by atoms with van der Waals surface area (Å²) in [5.74, 6) is 0. The highest BCUT2D eigenvalue weighted by Gasteiger charge is 2.06. The van der Waals surface area contributed by atoms with Crippen LogP contribution in [0.15, 0.2) is 30.3 Å². The van der Waals surface area contributed by atoms with Crippen LogP contribution in [-0.4, -0.2) is 24.5 Å². The summed E-state index contributed by atoms with van der Waals surface area (Å²) in [7, 11) is 1.57. The maximum absolute atomic E-state index is 11.4. The second-order valence-corrected chi connectivity index (χ2v) is 2.81. The second-order valence-electron chi connectivity index (χ2n) is 2.81. The quantitative estimate of drug-likeness (QED) is 0.719. The van der Waals surface area contributed by atoms with E-state index in [9.17, 15) is 4.79 Å². The Morgan fingerprint density at radius 3 is 2.71 bits per heavy atom. The Bertz CT molecular complexity index is 342. The van der Waals surface area contributed by atoms with Crippen molar-refractivity contribution in [2.45, 2.75) is 0 Å². The zero-order chi connectivity index (χ0) is 10.4. The van der Waals surface area contributed by atoms with Crippen LogP contribution in [0.4, 0.5) is 10.5 Å². The molecule has 0 aliphatic heterocycles. The number of nitrogens with zero attached hydrogens (tertiary/aromatic N) is 2. The first-order valence-corrected chi connectivity index (χ1v) is 4.18. The van der Waals surface area contributed by atoms with Crippen molar-refractivity contribution in [2.24, 2.45) is 0 Å². The average molecular weight is 189 g/mol. The molecule has 1 aromatic rings. The Kier molecular flexibility index (Phi) is 3.50. The highest BCUT2D eigenvalue weighted by atomic mass is 16.2. The summed E-state index contributed by atoms with van der Waals surface area (Å²) in [4.78, 5) is 12.7. The lowest BCUT2D eigenvalue weighted by molar-refractivity contribution is 0.227. The molecule has 2 amide bonds. The number of carbonyl (C=O) groups is 1. The minimum atomic E-state index is -0.280. The summed E-state index contributed by atoms with van der Waals surface area (Å²) in [5.41, 5.74) is 0.724. The minimum Gasteiger partial charge on any atom is -0.314 e. The van der Waals surface area contributed by atoms with Crippen molar-refractivity contribution in [2.75, 3.05) is 18.9 Å². The number of urea groups is 1. The first-order valence-electron chi connectivity index (χ1n) is 4.18. The normalized spacial score (nSPS) is 8.86. The molecule has 0 fully saturated rings. The molecule has 0 aromatic heterocycles. The molecule has 0 spiro atoms. The van der Waals surface area contributed by atoms with Crippen LogP contribution >= 0.6 is 0 Å². The van der Waals surface area contributed by atoms with Crippen molar-refractivity contribution in [1.29, 1.82) is 5.26 Å². The van der Waals surface area contributed by atoms with E-state index in [1.807, 2.05) is 24.3 Å². The summed E-state index contributed by atoms with van der Waals surface area (Å²) in [5, 5.41) is 11.0. The number of anilines is 1. The predicted octanol–water partition coefficient (Wildman–Crippen LogP) is 1.67. The third kappa shape index (κ3) is 2.79. The number of benzene rings is 1. The van der Waals surface area contributed by atoms with Crippen LogP contribution in [0.5, 0.6) is 0 Å². The first kappa shape index (κ1) is 10.1. The highest BCUT2D eigenvalue weighted by Crippen LogP contribution is 2.05. The number of hydrogen-bond acceptors (Lipinski definition) is 2. The van der Waals surface area contributed by atoms with Gasteiger partial charge in [0.15, 0.2) is 0 Å². The molecule has 0 aliphatic carbocycles. The van der Waals surface area contributed by atoms with Gasteiger partial charge in [0.2, 0.25) is 0 Å². The Labute approximate surface area is 82.8 Å². The third-order valence-corrected chi connectivity index (χ3v) is 1.68. The summed E-state index contributed by atoms with van der Waals surface area (Å²) in [6, 6.07) is 10.7. The fraction of sp³-hybridized carbons (Fsp3) is 0.200. The molecule has 4 nitrogen and oxygen atoms in total. The van der Waals surface area contributed by atoms with Crippen LogP contribution < -0.4 is 5.32 Å². The molecule has 4 heteroatoms. The molecule has 0 aliphatic rings. The zero-order valence-corrected chi connectivity index (χ0v) is 7.90. The molecule has 0 bridgehead atoms. The molecule has 1 rings (SSSR count). The smallest absolute Gasteiger partial charge is 0.314 e. The molecule has 1 N–H and O–H groups in total. The van der Waals surface area contributed by atoms with Crippen molar-refractivity contribution < 1.29 is 4.79 Å². The summed E-state index contributed by atoms with van der Waals surface area (Å²) >= 11 is 0. The van der Waals surface area contributed by atoms with Gasteiger partial charge in [0, 0.05) is 12.7 Å². The highest BCUT2D eigenvalue weighted by molar-refractivity contribution is 5.89. The molecule has 0 saturated heterocycles. The standard InChI is InChI=1S/C10H11N3O/c1-13(8-7-11)10(14)12-9-5-3-2-4-6-9/h2-6H,8H2,1H3,(H,12,14). The number of carbonyl (C=O) groups excluding carboxylic acids is 1. The lowest BCUT2D eigenvalue weighted by atomic mass is 10.3. The molecular weight excluding hydrogens is 178 g/mol. The average Bonchev–Trinajstić information content (AvgIpc) is 2.19. The SMILES string of the molecule is CN(CC#N)C(=O)Nc1ccccc1. The van der Waals surface area contributed by atoms with E-state index >= 15 is 0 Å². The van der Waals surface area contributed by atoms with Gasteiger partial charge in [-0.15, -0.1) is 0 Å². The maximum Gasteiger partial charge on any atom is 0.322 e. The van der Waals surface area contributed by atoms with E-state index in [1.165, 1.54) is 4.90 Å². The molecule has 0 radical (unpaired) electrons. The molecule has 14 heavy (non-hydrogen) atoms. The van der Waals surface area contributed by atoms with Gasteiger partial charge >= 0.3 is 6.03 Å². The summed E-state index contributed by atoms with van der Waals surface area (Å²) in [6.45, 7) is 0.0820. The first-order chi connectivity index (χ1) is 6.74. The molecule has 0 unspecified atom stereocenters. The predicted molar refractivity (Wildman–Crippen MR) is 53.7 cm³/mol. The van der Waals surface area contributed by atoms with Crippen LogP contribution in [0, 0.1) is 11.3 Å². The zero-order valence-electron chi connectivity index (χ0n) is 7.90. The molecule has 0 heterocycles. The lowest BCUT2D eigenvalue weighted by Gasteiger charge is -2.13. The number of nitriles is 1. The van der Waals surface area contributed by atoms with Crippen LogP contribution in [0.2, 0.25) is 0 Å². The van der Waals surface area contributed by atoms with Gasteiger partial charge in [0.05, 0.1) is 6.07 Å². The van der Waals surface area contributed by atoms with Crippen molar-refractivity contribution in [3.63, 3.8) is 0 Å². The fourth-order valence-corrected chi connectivity index (χ4v) is 0.918. The van der Waals surface area contributed by atoms with E-state index in [1.54, 1.807) is 19.2 Å². The van der Waals surface area contributed by atoms with E-state index in [4.69, 9.17) is 5.26 Å². The second kappa shape index (κ2) is 4.87. The van der Waals surface area contributed by atoms with E-state index in [2.05, 4.69) is 5.32 Å². The van der Waals surface area contributed by atoms with Crippen molar-refractivity contribution in [3.8, 4) is 6.07 Å². The topological polar surface area (TPSA) is 56.1 Å². The van der Waals surface area contributed by atoms with Gasteiger partial charge in [-0.2, -0.15) is 5.26 Å². The van der Waals surface area contributed by atoms with E-state index in [0.717, 1.165) is 5.69 Å². The van der Waals surface area contributed by atoms with Gasteiger partial charge in [-0.05, 0) is 12.1 Å². The fourth-order valence-electron chi connectivity index (χ4n) is 0.918. The van der Waals surface area contributed by atoms with Crippen molar-refractivity contribution in [3.05, 3.63) is 30.3 Å². The number of para-hydroxylation sites is 1. The molecule has 1 aromatic carbocycles. The molecular formula is C10H11N3O. The lowest BCUT2D eigenvalue weighted by Crippen LogP contribution is -2.31. The Morgan fingerprint density at radius 1 is 1.50 bits per heavy atom. The Hall–Kier alpha value is -2.02. The Morgan fingerprint density at radius 2 is 2.14 bits per heavy atom. The van der Waals surface area contributed by atoms with Gasteiger partial charge in [0.25, 0.3) is 0 Å². The van der Waals surface area contributed by atoms with Gasteiger partial charge in [-0.3, -0.25) is 0 Å². The van der Waals surface area contributed by atoms with Gasteiger partial charge in [-0.1, -0.05) is 18.2 Å². The van der Waals surface area contributed by atoms with Gasteiger partial charge in [0.1, 0.15) is 6.54 Å².